The normalized spacial score (nSPS) is 18.2. The first-order chi connectivity index (χ1) is 19.5. The monoisotopic (exact) mass is 585 g/mol. The molecule has 4 N–H and O–H groups in total. The predicted octanol–water partition coefficient (Wildman–Crippen LogP) is 3.36. The van der Waals surface area contributed by atoms with Crippen molar-refractivity contribution in [3.63, 3.8) is 0 Å². The zero-order chi connectivity index (χ0) is 29.1. The number of likely N-dealkylation sites (tertiary alicyclic amines) is 1. The third-order valence-electron chi connectivity index (χ3n) is 7.23. The van der Waals surface area contributed by atoms with Crippen LogP contribution in [0.15, 0.2) is 48.9 Å². The molecule has 3 aromatic heterocycles. The number of nitrogens with two attached hydrogens (primary N) is 1. The fourth-order valence-corrected chi connectivity index (χ4v) is 5.47. The summed E-state index contributed by atoms with van der Waals surface area (Å²) in [6.45, 7) is 1.36. The second-order valence-electron chi connectivity index (χ2n) is 9.91. The predicted molar refractivity (Wildman–Crippen MR) is 144 cm³/mol. The number of nitrogens with zero attached hydrogens (tertiary/aromatic N) is 6. The number of nitrogen functional groups attached to an aromatic ring is 1. The van der Waals surface area contributed by atoms with Crippen molar-refractivity contribution in [3.05, 3.63) is 71.0 Å². The van der Waals surface area contributed by atoms with Gasteiger partial charge in [-0.2, -0.15) is 18.3 Å². The van der Waals surface area contributed by atoms with E-state index in [2.05, 4.69) is 25.7 Å². The summed E-state index contributed by atoms with van der Waals surface area (Å²) in [5.41, 5.74) is 5.14. The first-order valence-corrected chi connectivity index (χ1v) is 12.9. The highest BCUT2D eigenvalue weighted by Crippen LogP contribution is 2.37. The summed E-state index contributed by atoms with van der Waals surface area (Å²) in [6.07, 6.45) is -0.249. The van der Waals surface area contributed by atoms with Gasteiger partial charge in [-0.1, -0.05) is 11.6 Å². The second-order valence-corrected chi connectivity index (χ2v) is 10.3. The Morgan fingerprint density at radius 1 is 1.17 bits per heavy atom. The highest BCUT2D eigenvalue weighted by molar-refractivity contribution is 6.34. The Kier molecular flexibility index (Phi) is 6.46. The van der Waals surface area contributed by atoms with Gasteiger partial charge in [0.1, 0.15) is 0 Å². The lowest BCUT2D eigenvalue weighted by molar-refractivity contribution is -0.140. The van der Waals surface area contributed by atoms with Gasteiger partial charge in [0.15, 0.2) is 17.3 Å². The number of nitrogens with one attached hydrogen (secondary N) is 2. The van der Waals surface area contributed by atoms with E-state index in [0.717, 1.165) is 30.0 Å². The number of hydrogen-bond acceptors (Lipinski definition) is 7. The number of halogens is 4. The Morgan fingerprint density at radius 2 is 1.98 bits per heavy atom. The largest absolute Gasteiger partial charge is 0.435 e. The van der Waals surface area contributed by atoms with Crippen molar-refractivity contribution in [1.82, 2.24) is 34.5 Å². The molecule has 1 aromatic carbocycles. The third-order valence-corrected chi connectivity index (χ3v) is 7.54. The standard InChI is InChI=1S/C26H23ClF3N9O2/c1-37-20(18-12-39(36-22(18)26(28,29)30)21-5-2-13(31)8-33-21)10-34-23(37)24(40)35-14-3-4-17(19(27)7-14)25(41)38-11-15-6-16(38)9-32-15/h2-5,7-8,10,12,15-16,32H,6,9,11,31H2,1H3,(H,35,40)/t15-,16-/m1/s1. The molecule has 0 saturated carbocycles. The molecule has 0 spiro atoms. The van der Waals surface area contributed by atoms with E-state index in [1.807, 2.05) is 0 Å². The van der Waals surface area contributed by atoms with E-state index in [1.54, 1.807) is 17.0 Å². The van der Waals surface area contributed by atoms with Crippen LogP contribution >= 0.6 is 11.6 Å². The Bertz CT molecular complexity index is 1670. The molecule has 2 fully saturated rings. The molecule has 2 saturated heterocycles. The molecule has 2 bridgehead atoms. The van der Waals surface area contributed by atoms with E-state index in [9.17, 15) is 22.8 Å². The van der Waals surface area contributed by atoms with E-state index >= 15 is 0 Å². The molecule has 6 rings (SSSR count). The van der Waals surface area contributed by atoms with Crippen LogP contribution in [0.25, 0.3) is 17.1 Å². The smallest absolute Gasteiger partial charge is 0.397 e. The van der Waals surface area contributed by atoms with Crippen LogP contribution in [0.3, 0.4) is 0 Å². The van der Waals surface area contributed by atoms with Gasteiger partial charge in [0, 0.05) is 44.1 Å². The molecular formula is C26H23ClF3N9O2. The van der Waals surface area contributed by atoms with Crippen LogP contribution in [-0.2, 0) is 13.2 Å². The highest BCUT2D eigenvalue weighted by atomic mass is 35.5. The number of imidazole rings is 1. The number of piperazine rings is 1. The van der Waals surface area contributed by atoms with E-state index in [-0.39, 0.29) is 39.9 Å². The van der Waals surface area contributed by atoms with Gasteiger partial charge in [-0.3, -0.25) is 9.59 Å². The zero-order valence-corrected chi connectivity index (χ0v) is 22.2. The molecule has 0 aliphatic carbocycles. The molecule has 0 unspecified atom stereocenters. The number of alkyl halides is 3. The number of carbonyl (C=O) groups excluding carboxylic acids is 2. The summed E-state index contributed by atoms with van der Waals surface area (Å²) in [6, 6.07) is 7.89. The maximum atomic E-state index is 13.9. The molecule has 15 heteroatoms. The minimum atomic E-state index is -4.79. The van der Waals surface area contributed by atoms with Crippen LogP contribution in [0.4, 0.5) is 24.5 Å². The van der Waals surface area contributed by atoms with Crippen molar-refractivity contribution < 1.29 is 22.8 Å². The molecule has 2 aliphatic rings. The van der Waals surface area contributed by atoms with Crippen molar-refractivity contribution in [3.8, 4) is 17.1 Å². The number of anilines is 2. The highest BCUT2D eigenvalue weighted by Gasteiger charge is 2.41. The number of hydrogen-bond donors (Lipinski definition) is 3. The SMILES string of the molecule is Cn1c(-c2cn(-c3ccc(N)cn3)nc2C(F)(F)F)cnc1C(=O)Nc1ccc(C(=O)N2C[C@H]3C[C@@H]2CN3)c(Cl)c1. The fourth-order valence-electron chi connectivity index (χ4n) is 5.21. The Labute approximate surface area is 236 Å². The Hall–Kier alpha value is -4.43. The van der Waals surface area contributed by atoms with Crippen molar-refractivity contribution in [2.45, 2.75) is 24.7 Å². The van der Waals surface area contributed by atoms with Crippen LogP contribution in [0.5, 0.6) is 0 Å². The average Bonchev–Trinajstić information content (AvgIpc) is 3.72. The van der Waals surface area contributed by atoms with Gasteiger partial charge >= 0.3 is 6.18 Å². The molecular weight excluding hydrogens is 563 g/mol. The van der Waals surface area contributed by atoms with Crippen molar-refractivity contribution in [1.29, 1.82) is 0 Å². The van der Waals surface area contributed by atoms with E-state index in [1.165, 1.54) is 36.0 Å². The van der Waals surface area contributed by atoms with Gasteiger partial charge in [0.2, 0.25) is 0 Å². The van der Waals surface area contributed by atoms with Gasteiger partial charge in [0.05, 0.1) is 39.9 Å². The molecule has 11 nitrogen and oxygen atoms in total. The molecule has 212 valence electrons. The first kappa shape index (κ1) is 26.8. The van der Waals surface area contributed by atoms with Gasteiger partial charge in [-0.15, -0.1) is 0 Å². The molecule has 4 aromatic rings. The summed E-state index contributed by atoms with van der Waals surface area (Å²) in [7, 11) is 1.42. The number of benzene rings is 1. The molecule has 2 aliphatic heterocycles. The number of carbonyl (C=O) groups is 2. The molecule has 2 amide bonds. The summed E-state index contributed by atoms with van der Waals surface area (Å²) in [5.74, 6) is -0.879. The number of fused-ring (bicyclic) bond motifs is 2. The van der Waals surface area contributed by atoms with Crippen molar-refractivity contribution >= 4 is 34.8 Å². The molecule has 2 atom stereocenters. The summed E-state index contributed by atoms with van der Waals surface area (Å²) < 4.78 is 44.0. The number of rotatable bonds is 5. The Morgan fingerprint density at radius 3 is 2.61 bits per heavy atom. The Balaban J connectivity index is 1.24. The van der Waals surface area contributed by atoms with E-state index < -0.39 is 17.8 Å². The van der Waals surface area contributed by atoms with Gasteiger partial charge in [0.25, 0.3) is 11.8 Å². The van der Waals surface area contributed by atoms with Crippen LogP contribution in [0.2, 0.25) is 5.02 Å². The number of pyridine rings is 1. The van der Waals surface area contributed by atoms with Crippen LogP contribution in [0, 0.1) is 0 Å². The number of amides is 2. The lowest BCUT2D eigenvalue weighted by Gasteiger charge is -2.27. The third kappa shape index (κ3) is 4.89. The topological polar surface area (TPSA) is 136 Å². The molecule has 5 heterocycles. The summed E-state index contributed by atoms with van der Waals surface area (Å²) in [4.78, 5) is 36.0. The lowest BCUT2D eigenvalue weighted by Crippen LogP contribution is -2.46. The minimum absolute atomic E-state index is 0.0116. The number of aromatic nitrogens is 5. The van der Waals surface area contributed by atoms with Crippen LogP contribution < -0.4 is 16.4 Å². The quantitative estimate of drug-likeness (QED) is 0.327. The lowest BCUT2D eigenvalue weighted by atomic mass is 10.1. The second kappa shape index (κ2) is 9.89. The van der Waals surface area contributed by atoms with E-state index in [4.69, 9.17) is 17.3 Å². The average molecular weight is 586 g/mol. The van der Waals surface area contributed by atoms with Crippen LogP contribution in [-0.4, -0.2) is 66.2 Å². The minimum Gasteiger partial charge on any atom is -0.397 e. The van der Waals surface area contributed by atoms with Gasteiger partial charge < -0.3 is 25.8 Å². The van der Waals surface area contributed by atoms with Crippen molar-refractivity contribution in [2.24, 2.45) is 7.05 Å². The van der Waals surface area contributed by atoms with E-state index in [0.29, 0.717) is 29.5 Å². The maximum absolute atomic E-state index is 13.9. The maximum Gasteiger partial charge on any atom is 0.435 e. The fraction of sp³-hybridized carbons (Fsp3) is 0.269. The summed E-state index contributed by atoms with van der Waals surface area (Å²) >= 11 is 6.41. The first-order valence-electron chi connectivity index (χ1n) is 12.6. The van der Waals surface area contributed by atoms with Crippen LogP contribution in [0.1, 0.15) is 33.1 Å². The van der Waals surface area contributed by atoms with Gasteiger partial charge in [-0.05, 0) is 36.8 Å². The zero-order valence-electron chi connectivity index (χ0n) is 21.5. The molecule has 0 radical (unpaired) electrons. The molecule has 41 heavy (non-hydrogen) atoms. The summed E-state index contributed by atoms with van der Waals surface area (Å²) in [5, 5.41) is 9.84. The van der Waals surface area contributed by atoms with Gasteiger partial charge in [-0.25, -0.2) is 14.6 Å². The van der Waals surface area contributed by atoms with Crippen molar-refractivity contribution in [2.75, 3.05) is 24.1 Å².